The van der Waals surface area contributed by atoms with Crippen molar-refractivity contribution in [2.75, 3.05) is 18.9 Å². The molecule has 4 atom stereocenters. The van der Waals surface area contributed by atoms with Crippen LogP contribution in [0.2, 0.25) is 0 Å². The standard InChI is InChI=1S/C17H22N6O6/c1-4-26-8(24)5-19-15(25)11-10-12(29-17(2,3)28-10)16(27-11)23-7-22-9-13(18)20-6-21-14(9)23/h6-7,10-12,16H,4-5H2,1-3H3,(H,19,25)(H2,18,20,21)/t10-,11+,12-,16-/m1/s1. The summed E-state index contributed by atoms with van der Waals surface area (Å²) in [7, 11) is 0. The molecule has 0 unspecified atom stereocenters. The maximum Gasteiger partial charge on any atom is 0.325 e. The van der Waals surface area contributed by atoms with E-state index in [4.69, 9.17) is 24.7 Å². The van der Waals surface area contributed by atoms with E-state index in [9.17, 15) is 9.59 Å². The highest BCUT2D eigenvalue weighted by atomic mass is 16.8. The van der Waals surface area contributed by atoms with Crippen LogP contribution in [-0.2, 0) is 28.5 Å². The van der Waals surface area contributed by atoms with Crippen LogP contribution in [-0.4, -0.2) is 68.6 Å². The van der Waals surface area contributed by atoms with Gasteiger partial charge in [0.15, 0.2) is 29.6 Å². The number of nitrogens with zero attached hydrogens (tertiary/aromatic N) is 4. The molecule has 2 aliphatic heterocycles. The molecule has 0 radical (unpaired) electrons. The number of esters is 1. The molecule has 0 spiro atoms. The zero-order valence-corrected chi connectivity index (χ0v) is 16.2. The van der Waals surface area contributed by atoms with Crippen molar-refractivity contribution in [1.82, 2.24) is 24.8 Å². The molecular formula is C17H22N6O6. The monoisotopic (exact) mass is 406 g/mol. The van der Waals surface area contributed by atoms with Crippen LogP contribution in [0.5, 0.6) is 0 Å². The molecule has 0 aromatic carbocycles. The Morgan fingerprint density at radius 2 is 2.03 bits per heavy atom. The van der Waals surface area contributed by atoms with E-state index in [-0.39, 0.29) is 19.0 Å². The summed E-state index contributed by atoms with van der Waals surface area (Å²) in [5.74, 6) is -1.73. The van der Waals surface area contributed by atoms with Crippen LogP contribution in [0.3, 0.4) is 0 Å². The molecule has 3 N–H and O–H groups in total. The lowest BCUT2D eigenvalue weighted by Crippen LogP contribution is -2.44. The minimum atomic E-state index is -1.00. The first-order valence-corrected chi connectivity index (χ1v) is 9.18. The molecule has 2 saturated heterocycles. The Bertz CT molecular complexity index is 946. The van der Waals surface area contributed by atoms with Crippen LogP contribution in [0.25, 0.3) is 11.2 Å². The largest absolute Gasteiger partial charge is 0.465 e. The summed E-state index contributed by atoms with van der Waals surface area (Å²) in [4.78, 5) is 36.6. The molecule has 0 saturated carbocycles. The van der Waals surface area contributed by atoms with Crippen molar-refractivity contribution in [2.24, 2.45) is 0 Å². The number of aromatic nitrogens is 4. The first-order valence-electron chi connectivity index (χ1n) is 9.18. The molecule has 12 heteroatoms. The van der Waals surface area contributed by atoms with Gasteiger partial charge in [-0.2, -0.15) is 0 Å². The van der Waals surface area contributed by atoms with E-state index < -0.39 is 42.2 Å². The molecule has 2 aliphatic rings. The number of hydrogen-bond donors (Lipinski definition) is 2. The van der Waals surface area contributed by atoms with E-state index in [0.29, 0.717) is 11.2 Å². The van der Waals surface area contributed by atoms with E-state index in [2.05, 4.69) is 20.3 Å². The molecule has 2 aromatic rings. The van der Waals surface area contributed by atoms with Crippen LogP contribution in [0, 0.1) is 0 Å². The highest BCUT2D eigenvalue weighted by Gasteiger charge is 2.58. The fourth-order valence-corrected chi connectivity index (χ4v) is 3.54. The lowest BCUT2D eigenvalue weighted by molar-refractivity contribution is -0.197. The minimum absolute atomic E-state index is 0.227. The summed E-state index contributed by atoms with van der Waals surface area (Å²) in [6, 6.07) is 0. The number of anilines is 1. The first kappa shape index (κ1) is 19.5. The Labute approximate surface area is 165 Å². The Morgan fingerprint density at radius 1 is 1.28 bits per heavy atom. The van der Waals surface area contributed by atoms with E-state index in [1.54, 1.807) is 25.3 Å². The summed E-state index contributed by atoms with van der Waals surface area (Å²) >= 11 is 0. The predicted molar refractivity (Wildman–Crippen MR) is 97.1 cm³/mol. The normalized spacial score (nSPS) is 27.7. The number of imidazole rings is 1. The number of hydrogen-bond acceptors (Lipinski definition) is 10. The second kappa shape index (κ2) is 7.21. The molecule has 0 bridgehead atoms. The number of nitrogen functional groups attached to an aromatic ring is 1. The van der Waals surface area contributed by atoms with Crippen molar-refractivity contribution in [3.8, 4) is 0 Å². The van der Waals surface area contributed by atoms with Gasteiger partial charge in [-0.1, -0.05) is 0 Å². The molecule has 29 heavy (non-hydrogen) atoms. The third kappa shape index (κ3) is 3.50. The zero-order chi connectivity index (χ0) is 20.8. The number of amides is 1. The summed E-state index contributed by atoms with van der Waals surface area (Å²) in [6.07, 6.45) is -0.199. The van der Waals surface area contributed by atoms with Gasteiger partial charge in [0.25, 0.3) is 5.91 Å². The Morgan fingerprint density at radius 3 is 2.79 bits per heavy atom. The Hall–Kier alpha value is -2.83. The highest BCUT2D eigenvalue weighted by Crippen LogP contribution is 2.43. The Kier molecular flexibility index (Phi) is 4.84. The molecule has 4 rings (SSSR count). The third-order valence-electron chi connectivity index (χ3n) is 4.66. The first-order chi connectivity index (χ1) is 13.8. The SMILES string of the molecule is CCOC(=O)CNC(=O)[C@H]1O[C@@H](n2cnc3c(N)ncnc32)[C@@H]2OC(C)(C)O[C@@H]21. The van der Waals surface area contributed by atoms with E-state index in [1.807, 2.05) is 0 Å². The third-order valence-corrected chi connectivity index (χ3v) is 4.66. The van der Waals surface area contributed by atoms with Gasteiger partial charge >= 0.3 is 5.97 Å². The van der Waals surface area contributed by atoms with Gasteiger partial charge in [-0.15, -0.1) is 0 Å². The van der Waals surface area contributed by atoms with Crippen molar-refractivity contribution in [1.29, 1.82) is 0 Å². The zero-order valence-electron chi connectivity index (χ0n) is 16.2. The van der Waals surface area contributed by atoms with Gasteiger partial charge in [0.1, 0.15) is 30.6 Å². The average Bonchev–Trinajstić information content (AvgIpc) is 3.31. The lowest BCUT2D eigenvalue weighted by Gasteiger charge is -2.24. The maximum absolute atomic E-state index is 12.7. The molecule has 2 aromatic heterocycles. The van der Waals surface area contributed by atoms with Gasteiger partial charge in [-0.25, -0.2) is 15.0 Å². The Balaban J connectivity index is 1.60. The fourth-order valence-electron chi connectivity index (χ4n) is 3.54. The lowest BCUT2D eigenvalue weighted by atomic mass is 10.1. The van der Waals surface area contributed by atoms with Gasteiger partial charge in [0, 0.05) is 0 Å². The van der Waals surface area contributed by atoms with Crippen molar-refractivity contribution in [2.45, 2.75) is 51.1 Å². The second-order valence-electron chi connectivity index (χ2n) is 7.12. The number of fused-ring (bicyclic) bond motifs is 2. The molecule has 1 amide bonds. The molecule has 4 heterocycles. The van der Waals surface area contributed by atoms with Gasteiger partial charge in [-0.3, -0.25) is 14.2 Å². The van der Waals surface area contributed by atoms with Gasteiger partial charge in [-0.05, 0) is 20.8 Å². The van der Waals surface area contributed by atoms with E-state index in [0.717, 1.165) is 0 Å². The number of rotatable bonds is 5. The van der Waals surface area contributed by atoms with E-state index in [1.165, 1.54) is 12.7 Å². The smallest absolute Gasteiger partial charge is 0.325 e. The fraction of sp³-hybridized carbons (Fsp3) is 0.588. The quantitative estimate of drug-likeness (QED) is 0.622. The number of carbonyl (C=O) groups is 2. The van der Waals surface area contributed by atoms with Gasteiger partial charge in [0.2, 0.25) is 0 Å². The number of ether oxygens (including phenoxy) is 4. The van der Waals surface area contributed by atoms with Crippen LogP contribution in [0.15, 0.2) is 12.7 Å². The number of carbonyl (C=O) groups excluding carboxylic acids is 2. The predicted octanol–water partition coefficient (Wildman–Crippen LogP) is -0.495. The molecular weight excluding hydrogens is 384 g/mol. The molecule has 2 fully saturated rings. The van der Waals surface area contributed by atoms with Crippen molar-refractivity contribution in [3.63, 3.8) is 0 Å². The summed E-state index contributed by atoms with van der Waals surface area (Å²) in [5.41, 5.74) is 6.72. The number of nitrogens with two attached hydrogens (primary N) is 1. The van der Waals surface area contributed by atoms with Gasteiger partial charge in [0.05, 0.1) is 12.9 Å². The van der Waals surface area contributed by atoms with Crippen molar-refractivity contribution in [3.05, 3.63) is 12.7 Å². The van der Waals surface area contributed by atoms with Crippen LogP contribution in [0.1, 0.15) is 27.0 Å². The summed E-state index contributed by atoms with van der Waals surface area (Å²) < 4.78 is 24.3. The van der Waals surface area contributed by atoms with Crippen LogP contribution < -0.4 is 11.1 Å². The van der Waals surface area contributed by atoms with Gasteiger partial charge < -0.3 is 30.0 Å². The maximum atomic E-state index is 12.7. The second-order valence-corrected chi connectivity index (χ2v) is 7.12. The average molecular weight is 406 g/mol. The van der Waals surface area contributed by atoms with Crippen LogP contribution in [0.4, 0.5) is 5.82 Å². The molecule has 156 valence electrons. The minimum Gasteiger partial charge on any atom is -0.465 e. The topological polar surface area (TPSA) is 153 Å². The highest BCUT2D eigenvalue weighted by molar-refractivity contribution is 5.86. The van der Waals surface area contributed by atoms with Crippen molar-refractivity contribution >= 4 is 28.9 Å². The number of nitrogens with one attached hydrogen (secondary N) is 1. The van der Waals surface area contributed by atoms with E-state index >= 15 is 0 Å². The summed E-state index contributed by atoms with van der Waals surface area (Å²) in [6.45, 7) is 5.15. The molecule has 0 aliphatic carbocycles. The summed E-state index contributed by atoms with van der Waals surface area (Å²) in [5, 5.41) is 2.52. The van der Waals surface area contributed by atoms with Crippen LogP contribution >= 0.6 is 0 Å². The molecule has 12 nitrogen and oxygen atoms in total. The van der Waals surface area contributed by atoms with Crippen molar-refractivity contribution < 1.29 is 28.5 Å².